The third-order valence-corrected chi connectivity index (χ3v) is 3.07. The first kappa shape index (κ1) is 15.1. The Balaban J connectivity index is 1.93. The molecule has 1 heterocycles. The standard InChI is InChI=1S/C16H17FN2O2/c1-11-3-4-13(10-19-11)9-18-8-12-5-6-14(15(17)7-12)16(20)21-2/h3-7,10,18H,8-9H2,1-2H3. The molecule has 0 aliphatic carbocycles. The number of aromatic nitrogens is 1. The van der Waals surface area contributed by atoms with Gasteiger partial charge in [-0.1, -0.05) is 12.1 Å². The number of aryl methyl sites for hydroxylation is 1. The van der Waals surface area contributed by atoms with Gasteiger partial charge >= 0.3 is 5.97 Å². The summed E-state index contributed by atoms with van der Waals surface area (Å²) >= 11 is 0. The normalized spacial score (nSPS) is 10.4. The van der Waals surface area contributed by atoms with Crippen molar-refractivity contribution in [3.8, 4) is 0 Å². The third-order valence-electron chi connectivity index (χ3n) is 3.07. The van der Waals surface area contributed by atoms with Crippen LogP contribution >= 0.6 is 0 Å². The molecule has 0 atom stereocenters. The topological polar surface area (TPSA) is 51.2 Å². The molecule has 0 fully saturated rings. The summed E-state index contributed by atoms with van der Waals surface area (Å²) in [5.41, 5.74) is 2.75. The van der Waals surface area contributed by atoms with Crippen LogP contribution in [0.5, 0.6) is 0 Å². The highest BCUT2D eigenvalue weighted by atomic mass is 19.1. The minimum atomic E-state index is -0.669. The quantitative estimate of drug-likeness (QED) is 0.859. The number of halogens is 1. The molecule has 0 unspecified atom stereocenters. The molecular weight excluding hydrogens is 271 g/mol. The Morgan fingerprint density at radius 3 is 2.57 bits per heavy atom. The molecule has 5 heteroatoms. The minimum absolute atomic E-state index is 0.0519. The number of hydrogen-bond donors (Lipinski definition) is 1. The van der Waals surface area contributed by atoms with Crippen molar-refractivity contribution in [1.82, 2.24) is 10.3 Å². The van der Waals surface area contributed by atoms with E-state index in [4.69, 9.17) is 0 Å². The van der Waals surface area contributed by atoms with Gasteiger partial charge in [0.25, 0.3) is 0 Å². The molecule has 110 valence electrons. The van der Waals surface area contributed by atoms with Gasteiger partial charge in [-0.3, -0.25) is 4.98 Å². The summed E-state index contributed by atoms with van der Waals surface area (Å²) in [5, 5.41) is 3.20. The SMILES string of the molecule is COC(=O)c1ccc(CNCc2ccc(C)nc2)cc1F. The van der Waals surface area contributed by atoms with Crippen molar-refractivity contribution in [2.45, 2.75) is 20.0 Å². The maximum absolute atomic E-state index is 13.7. The molecule has 0 amide bonds. The van der Waals surface area contributed by atoms with Crippen LogP contribution in [0, 0.1) is 12.7 Å². The van der Waals surface area contributed by atoms with Gasteiger partial charge in [0.2, 0.25) is 0 Å². The van der Waals surface area contributed by atoms with Gasteiger partial charge < -0.3 is 10.1 Å². The average Bonchev–Trinajstić information content (AvgIpc) is 2.49. The summed E-state index contributed by atoms with van der Waals surface area (Å²) in [7, 11) is 1.23. The lowest BCUT2D eigenvalue weighted by molar-refractivity contribution is 0.0595. The summed E-state index contributed by atoms with van der Waals surface area (Å²) in [5.74, 6) is -1.24. The monoisotopic (exact) mass is 288 g/mol. The van der Waals surface area contributed by atoms with Crippen LogP contribution in [-0.4, -0.2) is 18.1 Å². The van der Waals surface area contributed by atoms with Gasteiger partial charge in [0.15, 0.2) is 0 Å². The Morgan fingerprint density at radius 1 is 1.24 bits per heavy atom. The first-order valence-corrected chi connectivity index (χ1v) is 6.59. The Bertz CT molecular complexity index is 627. The van der Waals surface area contributed by atoms with E-state index in [0.29, 0.717) is 13.1 Å². The molecule has 0 saturated carbocycles. The van der Waals surface area contributed by atoms with Crippen molar-refractivity contribution in [2.75, 3.05) is 7.11 Å². The number of nitrogens with zero attached hydrogens (tertiary/aromatic N) is 1. The van der Waals surface area contributed by atoms with Crippen LogP contribution in [0.15, 0.2) is 36.5 Å². The first-order chi connectivity index (χ1) is 10.1. The summed E-state index contributed by atoms with van der Waals surface area (Å²) in [6.45, 7) is 3.09. The summed E-state index contributed by atoms with van der Waals surface area (Å²) in [4.78, 5) is 15.5. The molecule has 0 saturated heterocycles. The van der Waals surface area contributed by atoms with E-state index in [2.05, 4.69) is 15.0 Å². The van der Waals surface area contributed by atoms with Crippen molar-refractivity contribution in [3.63, 3.8) is 0 Å². The molecule has 1 aromatic carbocycles. The van der Waals surface area contributed by atoms with Crippen LogP contribution in [0.25, 0.3) is 0 Å². The van der Waals surface area contributed by atoms with Crippen molar-refractivity contribution >= 4 is 5.97 Å². The van der Waals surface area contributed by atoms with E-state index >= 15 is 0 Å². The number of pyridine rings is 1. The molecule has 4 nitrogen and oxygen atoms in total. The number of carbonyl (C=O) groups excluding carboxylic acids is 1. The Hall–Kier alpha value is -2.27. The van der Waals surface area contributed by atoms with E-state index in [1.807, 2.05) is 25.3 Å². The van der Waals surface area contributed by atoms with E-state index in [-0.39, 0.29) is 5.56 Å². The molecule has 1 N–H and O–H groups in total. The maximum Gasteiger partial charge on any atom is 0.340 e. The molecule has 21 heavy (non-hydrogen) atoms. The molecule has 0 radical (unpaired) electrons. The van der Waals surface area contributed by atoms with Gasteiger partial charge in [0, 0.05) is 25.0 Å². The zero-order chi connectivity index (χ0) is 15.2. The Kier molecular flexibility index (Phi) is 5.00. The predicted octanol–water partition coefficient (Wildman–Crippen LogP) is 2.61. The number of ether oxygens (including phenoxy) is 1. The van der Waals surface area contributed by atoms with Gasteiger partial charge in [-0.2, -0.15) is 0 Å². The smallest absolute Gasteiger partial charge is 0.340 e. The number of hydrogen-bond acceptors (Lipinski definition) is 4. The van der Waals surface area contributed by atoms with Crippen molar-refractivity contribution in [3.05, 3.63) is 64.7 Å². The van der Waals surface area contributed by atoms with E-state index < -0.39 is 11.8 Å². The highest BCUT2D eigenvalue weighted by molar-refractivity contribution is 5.89. The molecule has 0 aliphatic heterocycles. The number of esters is 1. The summed E-state index contributed by atoms with van der Waals surface area (Å²) in [6.07, 6.45) is 1.81. The van der Waals surface area contributed by atoms with E-state index in [1.165, 1.54) is 19.2 Å². The zero-order valence-electron chi connectivity index (χ0n) is 12.0. The first-order valence-electron chi connectivity index (χ1n) is 6.59. The highest BCUT2D eigenvalue weighted by Gasteiger charge is 2.11. The van der Waals surface area contributed by atoms with E-state index in [9.17, 15) is 9.18 Å². The van der Waals surface area contributed by atoms with Crippen molar-refractivity contribution in [2.24, 2.45) is 0 Å². The number of rotatable bonds is 5. The second-order valence-electron chi connectivity index (χ2n) is 4.72. The van der Waals surface area contributed by atoms with Crippen LogP contribution in [-0.2, 0) is 17.8 Å². The van der Waals surface area contributed by atoms with E-state index in [0.717, 1.165) is 16.8 Å². The van der Waals surface area contributed by atoms with Crippen LogP contribution < -0.4 is 5.32 Å². The largest absolute Gasteiger partial charge is 0.465 e. The van der Waals surface area contributed by atoms with Gasteiger partial charge in [-0.05, 0) is 36.2 Å². The number of methoxy groups -OCH3 is 1. The lowest BCUT2D eigenvalue weighted by atomic mass is 10.1. The van der Waals surface area contributed by atoms with Crippen LogP contribution in [0.3, 0.4) is 0 Å². The zero-order valence-corrected chi connectivity index (χ0v) is 12.0. The molecule has 0 bridgehead atoms. The molecule has 0 spiro atoms. The van der Waals surface area contributed by atoms with Crippen LogP contribution in [0.1, 0.15) is 27.2 Å². The second kappa shape index (κ2) is 6.95. The van der Waals surface area contributed by atoms with E-state index in [1.54, 1.807) is 6.07 Å². The number of carbonyl (C=O) groups is 1. The second-order valence-corrected chi connectivity index (χ2v) is 4.72. The van der Waals surface area contributed by atoms with Gasteiger partial charge in [-0.25, -0.2) is 9.18 Å². The summed E-state index contributed by atoms with van der Waals surface area (Å²) in [6, 6.07) is 8.42. The van der Waals surface area contributed by atoms with Gasteiger partial charge in [0.1, 0.15) is 5.82 Å². The van der Waals surface area contributed by atoms with Crippen LogP contribution in [0.4, 0.5) is 4.39 Å². The maximum atomic E-state index is 13.7. The average molecular weight is 288 g/mol. The Labute approximate surface area is 123 Å². The molecule has 2 rings (SSSR count). The number of benzene rings is 1. The van der Waals surface area contributed by atoms with Gasteiger partial charge in [-0.15, -0.1) is 0 Å². The minimum Gasteiger partial charge on any atom is -0.465 e. The fraction of sp³-hybridized carbons (Fsp3) is 0.250. The fourth-order valence-electron chi connectivity index (χ4n) is 1.90. The van der Waals surface area contributed by atoms with Crippen LogP contribution in [0.2, 0.25) is 0 Å². The summed E-state index contributed by atoms with van der Waals surface area (Å²) < 4.78 is 18.2. The Morgan fingerprint density at radius 2 is 1.95 bits per heavy atom. The van der Waals surface area contributed by atoms with Gasteiger partial charge in [0.05, 0.1) is 12.7 Å². The molecular formula is C16H17FN2O2. The third kappa shape index (κ3) is 4.10. The molecule has 1 aromatic heterocycles. The lowest BCUT2D eigenvalue weighted by Gasteiger charge is -2.07. The number of nitrogens with one attached hydrogen (secondary N) is 1. The highest BCUT2D eigenvalue weighted by Crippen LogP contribution is 2.12. The predicted molar refractivity (Wildman–Crippen MR) is 77.3 cm³/mol. The molecule has 0 aliphatic rings. The van der Waals surface area contributed by atoms with Crippen molar-refractivity contribution in [1.29, 1.82) is 0 Å². The fourth-order valence-corrected chi connectivity index (χ4v) is 1.90. The lowest BCUT2D eigenvalue weighted by Crippen LogP contribution is -2.13. The van der Waals surface area contributed by atoms with Crippen molar-refractivity contribution < 1.29 is 13.9 Å². The molecule has 2 aromatic rings.